The summed E-state index contributed by atoms with van der Waals surface area (Å²) in [5.41, 5.74) is 1.52. The molecule has 2 aromatic carbocycles. The highest BCUT2D eigenvalue weighted by Gasteiger charge is 2.35. The van der Waals surface area contributed by atoms with Gasteiger partial charge in [0.05, 0.1) is 6.54 Å². The van der Waals surface area contributed by atoms with Crippen LogP contribution in [0.2, 0.25) is 5.02 Å². The fourth-order valence-corrected chi connectivity index (χ4v) is 3.57. The Labute approximate surface area is 171 Å². The fraction of sp³-hybridized carbons (Fsp3) is 0.348. The Morgan fingerprint density at radius 3 is 2.82 bits per heavy atom. The van der Waals surface area contributed by atoms with Crippen LogP contribution in [-0.4, -0.2) is 34.8 Å². The summed E-state index contributed by atoms with van der Waals surface area (Å²) in [5, 5.41) is 11.5. The number of hydrogen-bond donors (Lipinski definition) is 1. The molecule has 1 N–H and O–H groups in total. The molecule has 1 amide bonds. The standard InChI is InChI=1S/C23H24ClNO3/c1-17-7-3-4-10-21(17)18(2)28-22(26)25-14-6-12-23(27,16-25)13-11-19-8-5-9-20(24)15-19/h3-5,7-10,15,18,27H,6,12,14,16H2,1-2H3. The number of ether oxygens (including phenoxy) is 1. The normalized spacial score (nSPS) is 20.1. The largest absolute Gasteiger partial charge is 0.442 e. The van der Waals surface area contributed by atoms with Gasteiger partial charge in [0.1, 0.15) is 11.7 Å². The summed E-state index contributed by atoms with van der Waals surface area (Å²) in [7, 11) is 0. The summed E-state index contributed by atoms with van der Waals surface area (Å²) in [4.78, 5) is 14.2. The van der Waals surface area contributed by atoms with Gasteiger partial charge >= 0.3 is 6.09 Å². The lowest BCUT2D eigenvalue weighted by Crippen LogP contribution is -2.49. The van der Waals surface area contributed by atoms with E-state index in [0.717, 1.165) is 16.7 Å². The third-order valence-electron chi connectivity index (χ3n) is 4.90. The smallest absolute Gasteiger partial charge is 0.410 e. The second kappa shape index (κ2) is 8.68. The van der Waals surface area contributed by atoms with E-state index >= 15 is 0 Å². The molecule has 0 bridgehead atoms. The Kier molecular flexibility index (Phi) is 6.28. The van der Waals surface area contributed by atoms with Gasteiger partial charge in [-0.1, -0.05) is 53.8 Å². The minimum Gasteiger partial charge on any atom is -0.442 e. The van der Waals surface area contributed by atoms with E-state index in [4.69, 9.17) is 16.3 Å². The first kappa shape index (κ1) is 20.3. The van der Waals surface area contributed by atoms with Gasteiger partial charge in [-0.3, -0.25) is 0 Å². The van der Waals surface area contributed by atoms with Gasteiger partial charge in [0, 0.05) is 17.1 Å². The molecule has 4 nitrogen and oxygen atoms in total. The highest BCUT2D eigenvalue weighted by atomic mass is 35.5. The molecule has 0 aliphatic carbocycles. The van der Waals surface area contributed by atoms with E-state index in [1.165, 1.54) is 4.90 Å². The summed E-state index contributed by atoms with van der Waals surface area (Å²) in [6.45, 7) is 4.51. The van der Waals surface area contributed by atoms with Crippen molar-refractivity contribution in [2.45, 2.75) is 38.4 Å². The van der Waals surface area contributed by atoms with Crippen molar-refractivity contribution in [3.63, 3.8) is 0 Å². The lowest BCUT2D eigenvalue weighted by molar-refractivity contribution is 0.00183. The van der Waals surface area contributed by atoms with Crippen LogP contribution in [0.3, 0.4) is 0 Å². The zero-order valence-electron chi connectivity index (χ0n) is 16.1. The highest BCUT2D eigenvalue weighted by molar-refractivity contribution is 6.30. The van der Waals surface area contributed by atoms with E-state index in [0.29, 0.717) is 24.4 Å². The minimum absolute atomic E-state index is 0.125. The molecule has 146 valence electrons. The lowest BCUT2D eigenvalue weighted by Gasteiger charge is -2.36. The van der Waals surface area contributed by atoms with Gasteiger partial charge in [0.2, 0.25) is 0 Å². The van der Waals surface area contributed by atoms with Crippen LogP contribution >= 0.6 is 11.6 Å². The summed E-state index contributed by atoms with van der Waals surface area (Å²) in [5.74, 6) is 5.88. The van der Waals surface area contributed by atoms with E-state index in [1.807, 2.05) is 50.2 Å². The average Bonchev–Trinajstić information content (AvgIpc) is 2.67. The maximum atomic E-state index is 12.6. The zero-order chi connectivity index (χ0) is 20.1. The Bertz CT molecular complexity index is 917. The summed E-state index contributed by atoms with van der Waals surface area (Å²) < 4.78 is 5.64. The molecule has 0 saturated carbocycles. The van der Waals surface area contributed by atoms with Crippen LogP contribution in [0, 0.1) is 18.8 Å². The molecule has 1 saturated heterocycles. The molecule has 28 heavy (non-hydrogen) atoms. The van der Waals surface area contributed by atoms with E-state index in [2.05, 4.69) is 11.8 Å². The SMILES string of the molecule is Cc1ccccc1C(C)OC(=O)N1CCCC(O)(C#Cc2cccc(Cl)c2)C1. The van der Waals surface area contributed by atoms with Gasteiger partial charge in [-0.2, -0.15) is 0 Å². The molecular weight excluding hydrogens is 374 g/mol. The number of aryl methyl sites for hydroxylation is 1. The second-order valence-corrected chi connectivity index (χ2v) is 7.64. The van der Waals surface area contributed by atoms with E-state index in [-0.39, 0.29) is 12.6 Å². The van der Waals surface area contributed by atoms with Crippen molar-refractivity contribution in [1.29, 1.82) is 0 Å². The molecule has 2 atom stereocenters. The monoisotopic (exact) mass is 397 g/mol. The first-order valence-corrected chi connectivity index (χ1v) is 9.76. The number of amides is 1. The van der Waals surface area contributed by atoms with Crippen LogP contribution in [-0.2, 0) is 4.74 Å². The van der Waals surface area contributed by atoms with Gasteiger partial charge in [0.15, 0.2) is 0 Å². The van der Waals surface area contributed by atoms with Crippen LogP contribution in [0.4, 0.5) is 4.79 Å². The van der Waals surface area contributed by atoms with E-state index < -0.39 is 11.7 Å². The maximum Gasteiger partial charge on any atom is 0.410 e. The number of likely N-dealkylation sites (tertiary alicyclic amines) is 1. The quantitative estimate of drug-likeness (QED) is 0.745. The van der Waals surface area contributed by atoms with Gasteiger partial charge < -0.3 is 14.7 Å². The maximum absolute atomic E-state index is 12.6. The summed E-state index contributed by atoms with van der Waals surface area (Å²) >= 11 is 5.98. The summed E-state index contributed by atoms with van der Waals surface area (Å²) in [6.07, 6.45) is 0.381. The Balaban J connectivity index is 1.67. The molecule has 2 unspecified atom stereocenters. The minimum atomic E-state index is -1.26. The van der Waals surface area contributed by atoms with Crippen LogP contribution in [0.1, 0.15) is 42.6 Å². The van der Waals surface area contributed by atoms with Crippen molar-refractivity contribution >= 4 is 17.7 Å². The molecule has 1 heterocycles. The molecule has 1 aliphatic heterocycles. The van der Waals surface area contributed by atoms with Crippen molar-refractivity contribution in [2.24, 2.45) is 0 Å². The van der Waals surface area contributed by atoms with Crippen molar-refractivity contribution in [3.05, 3.63) is 70.2 Å². The Morgan fingerprint density at radius 1 is 1.29 bits per heavy atom. The molecule has 2 aromatic rings. The van der Waals surface area contributed by atoms with Crippen molar-refractivity contribution < 1.29 is 14.6 Å². The molecule has 0 spiro atoms. The van der Waals surface area contributed by atoms with Gasteiger partial charge in [0.25, 0.3) is 0 Å². The number of piperidine rings is 1. The van der Waals surface area contributed by atoms with Crippen molar-refractivity contribution in [1.82, 2.24) is 4.90 Å². The number of carbonyl (C=O) groups is 1. The number of aliphatic hydroxyl groups is 1. The number of hydrogen-bond acceptors (Lipinski definition) is 3. The van der Waals surface area contributed by atoms with E-state index in [9.17, 15) is 9.90 Å². The number of nitrogens with zero attached hydrogens (tertiary/aromatic N) is 1. The predicted octanol–water partition coefficient (Wildman–Crippen LogP) is 4.72. The van der Waals surface area contributed by atoms with Gasteiger partial charge in [-0.25, -0.2) is 4.79 Å². The molecule has 0 radical (unpaired) electrons. The Morgan fingerprint density at radius 2 is 2.07 bits per heavy atom. The molecular formula is C23H24ClNO3. The van der Waals surface area contributed by atoms with Gasteiger partial charge in [-0.05, 0) is 56.0 Å². The van der Waals surface area contributed by atoms with Crippen molar-refractivity contribution in [3.8, 4) is 11.8 Å². The van der Waals surface area contributed by atoms with Crippen LogP contribution in [0.15, 0.2) is 48.5 Å². The number of β-amino-alcohol motifs (C(OH)–C–C–N with tert-alkyl or cyclic N) is 1. The summed E-state index contributed by atoms with van der Waals surface area (Å²) in [6, 6.07) is 15.0. The van der Waals surface area contributed by atoms with Crippen LogP contribution in [0.25, 0.3) is 0 Å². The van der Waals surface area contributed by atoms with Crippen LogP contribution in [0.5, 0.6) is 0 Å². The molecule has 1 aliphatic rings. The third-order valence-corrected chi connectivity index (χ3v) is 5.13. The molecule has 5 heteroatoms. The first-order valence-electron chi connectivity index (χ1n) is 9.38. The lowest BCUT2D eigenvalue weighted by atomic mass is 9.93. The number of rotatable bonds is 2. The second-order valence-electron chi connectivity index (χ2n) is 7.20. The van der Waals surface area contributed by atoms with Crippen LogP contribution < -0.4 is 0 Å². The molecule has 3 rings (SSSR count). The predicted molar refractivity (Wildman–Crippen MR) is 110 cm³/mol. The molecule has 0 aromatic heterocycles. The number of carbonyl (C=O) groups excluding carboxylic acids is 1. The fourth-order valence-electron chi connectivity index (χ4n) is 3.38. The zero-order valence-corrected chi connectivity index (χ0v) is 16.9. The highest BCUT2D eigenvalue weighted by Crippen LogP contribution is 2.25. The van der Waals surface area contributed by atoms with Crippen molar-refractivity contribution in [2.75, 3.05) is 13.1 Å². The van der Waals surface area contributed by atoms with Gasteiger partial charge in [-0.15, -0.1) is 0 Å². The first-order chi connectivity index (χ1) is 13.4. The number of benzene rings is 2. The topological polar surface area (TPSA) is 49.8 Å². The third kappa shape index (κ3) is 5.07. The van der Waals surface area contributed by atoms with E-state index in [1.54, 1.807) is 12.1 Å². The molecule has 1 fully saturated rings. The number of halogens is 1. The average molecular weight is 398 g/mol. The Hall–Kier alpha value is -2.48.